The summed E-state index contributed by atoms with van der Waals surface area (Å²) < 4.78 is 19.2. The molecular formula is C12H18BrFN2O. The maximum absolute atomic E-state index is 13.0. The summed E-state index contributed by atoms with van der Waals surface area (Å²) in [7, 11) is 0. The first kappa shape index (κ1) is 14.6. The van der Waals surface area contributed by atoms with Crippen molar-refractivity contribution in [3.8, 4) is 0 Å². The van der Waals surface area contributed by atoms with Crippen LogP contribution < -0.4 is 11.3 Å². The van der Waals surface area contributed by atoms with Gasteiger partial charge in [-0.05, 0) is 38.0 Å². The predicted octanol–water partition coefficient (Wildman–Crippen LogP) is 2.39. The van der Waals surface area contributed by atoms with Crippen molar-refractivity contribution in [2.45, 2.75) is 32.4 Å². The van der Waals surface area contributed by atoms with E-state index in [2.05, 4.69) is 21.4 Å². The van der Waals surface area contributed by atoms with Crippen LogP contribution in [0.15, 0.2) is 22.7 Å². The quantitative estimate of drug-likeness (QED) is 0.627. The first-order valence-corrected chi connectivity index (χ1v) is 6.39. The van der Waals surface area contributed by atoms with E-state index in [0.717, 1.165) is 10.0 Å². The van der Waals surface area contributed by atoms with E-state index in [1.165, 1.54) is 12.1 Å². The van der Waals surface area contributed by atoms with Crippen LogP contribution in [0.2, 0.25) is 0 Å². The van der Waals surface area contributed by atoms with Gasteiger partial charge < -0.3 is 4.74 Å². The van der Waals surface area contributed by atoms with Gasteiger partial charge >= 0.3 is 0 Å². The van der Waals surface area contributed by atoms with Gasteiger partial charge in [0.25, 0.3) is 0 Å². The highest BCUT2D eigenvalue weighted by Gasteiger charge is 2.17. The zero-order valence-corrected chi connectivity index (χ0v) is 11.6. The second kappa shape index (κ2) is 7.06. The lowest BCUT2D eigenvalue weighted by molar-refractivity contribution is 0.0476. The zero-order valence-electron chi connectivity index (χ0n) is 10.0. The summed E-state index contributed by atoms with van der Waals surface area (Å²) in [5.41, 5.74) is 3.74. The van der Waals surface area contributed by atoms with Crippen molar-refractivity contribution in [1.29, 1.82) is 0 Å². The summed E-state index contributed by atoms with van der Waals surface area (Å²) in [5.74, 6) is 5.26. The summed E-state index contributed by atoms with van der Waals surface area (Å²) in [6, 6.07) is 4.65. The number of rotatable bonds is 6. The first-order valence-electron chi connectivity index (χ1n) is 5.60. The van der Waals surface area contributed by atoms with Crippen LogP contribution in [0, 0.1) is 5.82 Å². The van der Waals surface area contributed by atoms with Crippen LogP contribution in [0.3, 0.4) is 0 Å². The number of nitrogens with one attached hydrogen (secondary N) is 1. The van der Waals surface area contributed by atoms with Crippen LogP contribution in [0.4, 0.5) is 4.39 Å². The van der Waals surface area contributed by atoms with Gasteiger partial charge in [0.1, 0.15) is 5.82 Å². The molecule has 0 aliphatic heterocycles. The Morgan fingerprint density at radius 1 is 1.53 bits per heavy atom. The molecule has 1 rings (SSSR count). The Hall–Kier alpha value is -0.490. The van der Waals surface area contributed by atoms with Gasteiger partial charge in [0.05, 0.1) is 12.1 Å². The molecule has 5 heteroatoms. The molecule has 1 aromatic rings. The number of hydrazine groups is 1. The highest BCUT2D eigenvalue weighted by molar-refractivity contribution is 9.10. The Labute approximate surface area is 110 Å². The lowest BCUT2D eigenvalue weighted by atomic mass is 10.0. The molecule has 0 aromatic heterocycles. The van der Waals surface area contributed by atoms with E-state index < -0.39 is 0 Å². The molecule has 2 atom stereocenters. The minimum atomic E-state index is -0.254. The molecule has 3 nitrogen and oxygen atoms in total. The van der Waals surface area contributed by atoms with Gasteiger partial charge in [-0.3, -0.25) is 11.3 Å². The molecule has 0 fully saturated rings. The number of hydrogen-bond acceptors (Lipinski definition) is 3. The average Bonchev–Trinajstić information content (AvgIpc) is 2.28. The highest BCUT2D eigenvalue weighted by atomic mass is 79.9. The van der Waals surface area contributed by atoms with E-state index in [1.54, 1.807) is 6.07 Å². The van der Waals surface area contributed by atoms with Gasteiger partial charge in [0.15, 0.2) is 0 Å². The Morgan fingerprint density at radius 3 is 2.76 bits per heavy atom. The van der Waals surface area contributed by atoms with E-state index >= 15 is 0 Å². The molecule has 0 bridgehead atoms. The molecule has 96 valence electrons. The normalized spacial score (nSPS) is 14.6. The summed E-state index contributed by atoms with van der Waals surface area (Å²) in [6.07, 6.45) is 0.681. The molecule has 0 aliphatic rings. The van der Waals surface area contributed by atoms with Crippen LogP contribution in [-0.2, 0) is 11.2 Å². The van der Waals surface area contributed by atoms with E-state index in [4.69, 9.17) is 10.6 Å². The fourth-order valence-corrected chi connectivity index (χ4v) is 2.18. The van der Waals surface area contributed by atoms with Gasteiger partial charge in [-0.2, -0.15) is 0 Å². The Balaban J connectivity index is 2.73. The second-order valence-corrected chi connectivity index (χ2v) is 4.73. The van der Waals surface area contributed by atoms with Crippen LogP contribution in [-0.4, -0.2) is 18.8 Å². The van der Waals surface area contributed by atoms with Crippen LogP contribution in [0.5, 0.6) is 0 Å². The largest absolute Gasteiger partial charge is 0.377 e. The van der Waals surface area contributed by atoms with Crippen LogP contribution in [0.1, 0.15) is 19.4 Å². The van der Waals surface area contributed by atoms with Crippen molar-refractivity contribution in [2.24, 2.45) is 5.84 Å². The molecule has 0 aliphatic carbocycles. The minimum absolute atomic E-state index is 0.00181. The van der Waals surface area contributed by atoms with Crippen molar-refractivity contribution in [2.75, 3.05) is 6.61 Å². The SMILES string of the molecule is CCOC(C)C(Cc1ccc(F)cc1Br)NN. The Bertz CT molecular complexity index is 362. The highest BCUT2D eigenvalue weighted by Crippen LogP contribution is 2.20. The topological polar surface area (TPSA) is 47.3 Å². The third-order valence-electron chi connectivity index (χ3n) is 2.67. The molecule has 0 saturated heterocycles. The Kier molecular flexibility index (Phi) is 6.05. The van der Waals surface area contributed by atoms with Crippen LogP contribution >= 0.6 is 15.9 Å². The third-order valence-corrected chi connectivity index (χ3v) is 3.40. The van der Waals surface area contributed by atoms with E-state index in [1.807, 2.05) is 13.8 Å². The molecule has 0 saturated carbocycles. The maximum Gasteiger partial charge on any atom is 0.124 e. The predicted molar refractivity (Wildman–Crippen MR) is 70.0 cm³/mol. The third kappa shape index (κ3) is 4.35. The first-order chi connectivity index (χ1) is 8.08. The number of ether oxygens (including phenoxy) is 1. The standard InChI is InChI=1S/C12H18BrFN2O/c1-3-17-8(2)12(16-15)6-9-4-5-10(14)7-11(9)13/h4-5,7-8,12,16H,3,6,15H2,1-2H3. The fourth-order valence-electron chi connectivity index (χ4n) is 1.66. The van der Waals surface area contributed by atoms with Crippen molar-refractivity contribution in [3.63, 3.8) is 0 Å². The van der Waals surface area contributed by atoms with Gasteiger partial charge in [-0.25, -0.2) is 4.39 Å². The van der Waals surface area contributed by atoms with Gasteiger partial charge in [-0.15, -0.1) is 0 Å². The minimum Gasteiger partial charge on any atom is -0.377 e. The van der Waals surface area contributed by atoms with Crippen molar-refractivity contribution in [3.05, 3.63) is 34.1 Å². The molecule has 0 heterocycles. The smallest absolute Gasteiger partial charge is 0.124 e. The lowest BCUT2D eigenvalue weighted by Crippen LogP contribution is -2.45. The molecule has 1 aromatic carbocycles. The molecule has 2 unspecified atom stereocenters. The number of benzene rings is 1. The summed E-state index contributed by atoms with van der Waals surface area (Å²) >= 11 is 3.34. The summed E-state index contributed by atoms with van der Waals surface area (Å²) in [6.45, 7) is 4.55. The molecular weight excluding hydrogens is 287 g/mol. The van der Waals surface area contributed by atoms with Crippen LogP contribution in [0.25, 0.3) is 0 Å². The van der Waals surface area contributed by atoms with Crippen molar-refractivity contribution >= 4 is 15.9 Å². The number of halogens is 2. The lowest BCUT2D eigenvalue weighted by Gasteiger charge is -2.23. The fraction of sp³-hybridized carbons (Fsp3) is 0.500. The summed E-state index contributed by atoms with van der Waals surface area (Å²) in [5, 5.41) is 0. The van der Waals surface area contributed by atoms with Crippen molar-refractivity contribution < 1.29 is 9.13 Å². The zero-order chi connectivity index (χ0) is 12.8. The Morgan fingerprint density at radius 2 is 2.24 bits per heavy atom. The number of hydrogen-bond donors (Lipinski definition) is 2. The maximum atomic E-state index is 13.0. The molecule has 0 spiro atoms. The van der Waals surface area contributed by atoms with Gasteiger partial charge in [-0.1, -0.05) is 22.0 Å². The monoisotopic (exact) mass is 304 g/mol. The van der Waals surface area contributed by atoms with E-state index in [-0.39, 0.29) is 18.0 Å². The average molecular weight is 305 g/mol. The van der Waals surface area contributed by atoms with Crippen molar-refractivity contribution in [1.82, 2.24) is 5.43 Å². The van der Waals surface area contributed by atoms with E-state index in [0.29, 0.717) is 13.0 Å². The summed E-state index contributed by atoms with van der Waals surface area (Å²) in [4.78, 5) is 0. The number of nitrogens with two attached hydrogens (primary N) is 1. The molecule has 0 amide bonds. The molecule has 17 heavy (non-hydrogen) atoms. The second-order valence-electron chi connectivity index (χ2n) is 3.87. The van der Waals surface area contributed by atoms with E-state index in [9.17, 15) is 4.39 Å². The molecule has 0 radical (unpaired) electrons. The van der Waals surface area contributed by atoms with Gasteiger partial charge in [0.2, 0.25) is 0 Å². The molecule has 3 N–H and O–H groups in total. The van der Waals surface area contributed by atoms with Gasteiger partial charge in [0, 0.05) is 11.1 Å².